The number of rotatable bonds is 2. The summed E-state index contributed by atoms with van der Waals surface area (Å²) >= 11 is 0. The van der Waals surface area contributed by atoms with Crippen molar-refractivity contribution in [2.24, 2.45) is 0 Å². The fraction of sp³-hybridized carbons (Fsp3) is 0.625. The van der Waals surface area contributed by atoms with Crippen LogP contribution in [0, 0.1) is 0 Å². The minimum Gasteiger partial charge on any atom is -0.444 e. The van der Waals surface area contributed by atoms with Gasteiger partial charge in [0.1, 0.15) is 5.60 Å². The Bertz CT molecular complexity index is 952. The molecule has 0 unspecified atom stereocenters. The van der Waals surface area contributed by atoms with E-state index in [9.17, 15) is 4.79 Å². The molecule has 2 aromatic rings. The van der Waals surface area contributed by atoms with Gasteiger partial charge in [-0.3, -0.25) is 0 Å². The molecule has 1 amide bonds. The molecule has 2 fully saturated rings. The van der Waals surface area contributed by atoms with Gasteiger partial charge in [0.05, 0.1) is 11.2 Å². The van der Waals surface area contributed by atoms with Crippen molar-refractivity contribution in [3.05, 3.63) is 30.5 Å². The van der Waals surface area contributed by atoms with Crippen molar-refractivity contribution in [3.63, 3.8) is 0 Å². The number of carbonyl (C=O) groups is 1. The lowest BCUT2D eigenvalue weighted by Gasteiger charge is -2.34. The zero-order valence-electron chi connectivity index (χ0n) is 19.9. The van der Waals surface area contributed by atoms with Crippen LogP contribution in [0.5, 0.6) is 0 Å². The summed E-state index contributed by atoms with van der Waals surface area (Å²) in [4.78, 5) is 14.2. The van der Waals surface area contributed by atoms with Gasteiger partial charge in [0.25, 0.3) is 0 Å². The van der Waals surface area contributed by atoms with Crippen LogP contribution in [0.2, 0.25) is 0 Å². The minimum atomic E-state index is -0.459. The molecule has 0 atom stereocenters. The highest BCUT2D eigenvalue weighted by Gasteiger charge is 2.51. The first-order valence-corrected chi connectivity index (χ1v) is 11.3. The number of benzene rings is 1. The van der Waals surface area contributed by atoms with Crippen molar-refractivity contribution in [3.8, 4) is 0 Å². The highest BCUT2D eigenvalue weighted by atomic mass is 16.7. The van der Waals surface area contributed by atoms with E-state index in [-0.39, 0.29) is 24.4 Å². The van der Waals surface area contributed by atoms with Gasteiger partial charge in [-0.2, -0.15) is 0 Å². The molecule has 2 saturated heterocycles. The van der Waals surface area contributed by atoms with Gasteiger partial charge in [0.2, 0.25) is 0 Å². The van der Waals surface area contributed by atoms with E-state index in [4.69, 9.17) is 14.0 Å². The van der Waals surface area contributed by atoms with Crippen molar-refractivity contribution in [1.29, 1.82) is 0 Å². The number of piperidine rings is 1. The Morgan fingerprint density at radius 3 is 2.26 bits per heavy atom. The second kappa shape index (κ2) is 7.56. The molecule has 7 heteroatoms. The van der Waals surface area contributed by atoms with Crippen LogP contribution in [0.4, 0.5) is 4.79 Å². The Labute approximate surface area is 186 Å². The Balaban J connectivity index is 1.46. The summed E-state index contributed by atoms with van der Waals surface area (Å²) in [5.41, 5.74) is 1.10. The molecule has 2 aliphatic heterocycles. The summed E-state index contributed by atoms with van der Waals surface area (Å²) in [7, 11) is -0.352. The predicted octanol–water partition coefficient (Wildman–Crippen LogP) is 4.51. The smallest absolute Gasteiger partial charge is 0.444 e. The van der Waals surface area contributed by atoms with Crippen molar-refractivity contribution < 1.29 is 18.8 Å². The number of hydrogen-bond donors (Lipinski definition) is 0. The highest BCUT2D eigenvalue weighted by molar-refractivity contribution is 6.62. The van der Waals surface area contributed by atoms with Gasteiger partial charge < -0.3 is 23.5 Å². The van der Waals surface area contributed by atoms with E-state index < -0.39 is 5.60 Å². The SMILES string of the molecule is CC(C)(C)OC(=O)N1CCC(n2ccc3cc(B4OC(C)(C)C(C)(C)O4)ccc32)CC1. The molecule has 0 bridgehead atoms. The Morgan fingerprint density at radius 1 is 1.06 bits per heavy atom. The van der Waals surface area contributed by atoms with Crippen molar-refractivity contribution in [2.45, 2.75) is 84.2 Å². The monoisotopic (exact) mass is 426 g/mol. The molecule has 168 valence electrons. The zero-order valence-corrected chi connectivity index (χ0v) is 19.9. The van der Waals surface area contributed by atoms with Crippen molar-refractivity contribution in [1.82, 2.24) is 9.47 Å². The molecule has 6 nitrogen and oxygen atoms in total. The van der Waals surface area contributed by atoms with Crippen LogP contribution in [0.1, 0.15) is 67.3 Å². The third-order valence-electron chi connectivity index (χ3n) is 6.78. The highest BCUT2D eigenvalue weighted by Crippen LogP contribution is 2.37. The normalized spacial score (nSPS) is 21.6. The van der Waals surface area contributed by atoms with Gasteiger partial charge in [-0.15, -0.1) is 0 Å². The number of ether oxygens (including phenoxy) is 1. The topological polar surface area (TPSA) is 52.9 Å². The maximum absolute atomic E-state index is 12.3. The Hall–Kier alpha value is -1.99. The van der Waals surface area contributed by atoms with Crippen LogP contribution < -0.4 is 5.46 Å². The molecule has 0 spiro atoms. The lowest BCUT2D eigenvalue weighted by atomic mass is 9.78. The third kappa shape index (κ3) is 4.35. The largest absolute Gasteiger partial charge is 0.494 e. The van der Waals surface area contributed by atoms with Gasteiger partial charge in [-0.05, 0) is 84.3 Å². The summed E-state index contributed by atoms with van der Waals surface area (Å²) in [5.74, 6) is 0. The third-order valence-corrected chi connectivity index (χ3v) is 6.78. The van der Waals surface area contributed by atoms with Gasteiger partial charge in [0.15, 0.2) is 0 Å². The molecule has 3 heterocycles. The fourth-order valence-electron chi connectivity index (χ4n) is 4.28. The molecule has 31 heavy (non-hydrogen) atoms. The van der Waals surface area contributed by atoms with Gasteiger partial charge in [-0.25, -0.2) is 4.79 Å². The molecular weight excluding hydrogens is 391 g/mol. The lowest BCUT2D eigenvalue weighted by Crippen LogP contribution is -2.42. The molecular formula is C24H35BN2O4. The van der Waals surface area contributed by atoms with E-state index in [1.807, 2.05) is 25.7 Å². The number of hydrogen-bond acceptors (Lipinski definition) is 4. The van der Waals surface area contributed by atoms with Crippen LogP contribution in [-0.4, -0.2) is 52.6 Å². The number of nitrogens with zero attached hydrogens (tertiary/aromatic N) is 2. The number of fused-ring (bicyclic) bond motifs is 1. The number of likely N-dealkylation sites (tertiary alicyclic amines) is 1. The van der Waals surface area contributed by atoms with E-state index in [1.54, 1.807) is 0 Å². The van der Waals surface area contributed by atoms with E-state index in [2.05, 4.69) is 62.7 Å². The molecule has 4 rings (SSSR count). The van der Waals surface area contributed by atoms with Gasteiger partial charge >= 0.3 is 13.2 Å². The summed E-state index contributed by atoms with van der Waals surface area (Å²) in [6, 6.07) is 8.97. The van der Waals surface area contributed by atoms with E-state index in [0.717, 1.165) is 18.3 Å². The average molecular weight is 426 g/mol. The molecule has 0 saturated carbocycles. The summed E-state index contributed by atoms with van der Waals surface area (Å²) in [6.45, 7) is 15.4. The van der Waals surface area contributed by atoms with Crippen LogP contribution in [0.15, 0.2) is 30.5 Å². The lowest BCUT2D eigenvalue weighted by molar-refractivity contribution is 0.00578. The van der Waals surface area contributed by atoms with Crippen LogP contribution >= 0.6 is 0 Å². The Kier molecular flexibility index (Phi) is 5.42. The van der Waals surface area contributed by atoms with E-state index in [0.29, 0.717) is 19.1 Å². The van der Waals surface area contributed by atoms with Crippen LogP contribution in [0.3, 0.4) is 0 Å². The first-order valence-electron chi connectivity index (χ1n) is 11.3. The molecule has 0 aliphatic carbocycles. The standard InChI is InChI=1S/C24H35BN2O4/c1-22(2,3)29-21(28)26-13-11-19(12-14-26)27-15-10-17-16-18(8-9-20(17)27)25-30-23(4,5)24(6,7)31-25/h8-10,15-16,19H,11-14H2,1-7H3. The van der Waals surface area contributed by atoms with Crippen molar-refractivity contribution >= 4 is 29.6 Å². The summed E-state index contributed by atoms with van der Waals surface area (Å²) in [5, 5.41) is 1.18. The zero-order chi connectivity index (χ0) is 22.6. The first-order chi connectivity index (χ1) is 14.4. The van der Waals surface area contributed by atoms with Crippen LogP contribution in [-0.2, 0) is 14.0 Å². The fourth-order valence-corrected chi connectivity index (χ4v) is 4.28. The average Bonchev–Trinajstić information content (AvgIpc) is 3.17. The number of carbonyl (C=O) groups excluding carboxylic acids is 1. The van der Waals surface area contributed by atoms with Crippen LogP contribution in [0.25, 0.3) is 10.9 Å². The number of amides is 1. The quantitative estimate of drug-likeness (QED) is 0.663. The Morgan fingerprint density at radius 2 is 1.68 bits per heavy atom. The van der Waals surface area contributed by atoms with Gasteiger partial charge in [0, 0.05) is 30.8 Å². The van der Waals surface area contributed by atoms with Gasteiger partial charge in [-0.1, -0.05) is 12.1 Å². The molecule has 1 aromatic carbocycles. The second-order valence-corrected chi connectivity index (χ2v) is 10.8. The predicted molar refractivity (Wildman–Crippen MR) is 124 cm³/mol. The van der Waals surface area contributed by atoms with E-state index >= 15 is 0 Å². The second-order valence-electron chi connectivity index (χ2n) is 10.8. The molecule has 0 radical (unpaired) electrons. The summed E-state index contributed by atoms with van der Waals surface area (Å²) < 4.78 is 20.3. The maximum Gasteiger partial charge on any atom is 0.494 e. The molecule has 1 aromatic heterocycles. The first kappa shape index (κ1) is 22.2. The van der Waals surface area contributed by atoms with E-state index in [1.165, 1.54) is 10.9 Å². The number of aromatic nitrogens is 1. The summed E-state index contributed by atoms with van der Waals surface area (Å²) in [6.07, 6.45) is 3.78. The minimum absolute atomic E-state index is 0.213. The maximum atomic E-state index is 12.3. The molecule has 0 N–H and O–H groups in total. The molecule has 2 aliphatic rings. The van der Waals surface area contributed by atoms with Crippen molar-refractivity contribution in [2.75, 3.05) is 13.1 Å².